The molecular formula is C30H36ClN3O6. The van der Waals surface area contributed by atoms with Crippen molar-refractivity contribution in [2.24, 2.45) is 11.8 Å². The predicted octanol–water partition coefficient (Wildman–Crippen LogP) is 4.24. The van der Waals surface area contributed by atoms with Gasteiger partial charge in [0.05, 0.1) is 24.0 Å². The molecule has 9 nitrogen and oxygen atoms in total. The van der Waals surface area contributed by atoms with Gasteiger partial charge in [0.2, 0.25) is 17.7 Å². The molecule has 2 aromatic rings. The Morgan fingerprint density at radius 3 is 2.33 bits per heavy atom. The number of carbonyl (C=O) groups is 3. The van der Waals surface area contributed by atoms with Crippen molar-refractivity contribution in [3.63, 3.8) is 0 Å². The lowest BCUT2D eigenvalue weighted by Crippen LogP contribution is -2.53. The second kappa shape index (κ2) is 11.4. The van der Waals surface area contributed by atoms with Crippen LogP contribution in [0.2, 0.25) is 5.02 Å². The van der Waals surface area contributed by atoms with Crippen LogP contribution in [-0.4, -0.2) is 64.7 Å². The molecule has 0 saturated carbocycles. The maximum atomic E-state index is 14.1. The lowest BCUT2D eigenvalue weighted by atomic mass is 9.66. The summed E-state index contributed by atoms with van der Waals surface area (Å²) >= 11 is 6.02. The number of aliphatic hydroxyl groups excluding tert-OH is 1. The minimum atomic E-state index is -1.11. The first-order valence-corrected chi connectivity index (χ1v) is 14.3. The van der Waals surface area contributed by atoms with Gasteiger partial charge in [0.25, 0.3) is 0 Å². The van der Waals surface area contributed by atoms with Crippen LogP contribution >= 0.6 is 11.6 Å². The summed E-state index contributed by atoms with van der Waals surface area (Å²) in [6.07, 6.45) is 3.00. The minimum Gasteiger partial charge on any atom is -0.494 e. The molecule has 2 aromatic carbocycles. The van der Waals surface area contributed by atoms with Gasteiger partial charge in [0.15, 0.2) is 0 Å². The molecule has 3 N–H and O–H groups in total. The maximum absolute atomic E-state index is 14.1. The van der Waals surface area contributed by atoms with E-state index in [2.05, 4.69) is 10.6 Å². The van der Waals surface area contributed by atoms with Crippen LogP contribution in [0, 0.1) is 11.8 Å². The summed E-state index contributed by atoms with van der Waals surface area (Å²) < 4.78 is 12.1. The second-order valence-electron chi connectivity index (χ2n) is 11.0. The third-order valence-electron chi connectivity index (χ3n) is 8.41. The molecule has 2 unspecified atom stereocenters. The molecule has 40 heavy (non-hydrogen) atoms. The van der Waals surface area contributed by atoms with Gasteiger partial charge >= 0.3 is 0 Å². The Morgan fingerprint density at radius 1 is 1.02 bits per heavy atom. The number of hydrogen-bond donors (Lipinski definition) is 3. The Kier molecular flexibility index (Phi) is 8.08. The quantitative estimate of drug-likeness (QED) is 0.348. The van der Waals surface area contributed by atoms with Crippen LogP contribution in [0.4, 0.5) is 11.4 Å². The summed E-state index contributed by atoms with van der Waals surface area (Å²) in [6.45, 7) is 4.71. The van der Waals surface area contributed by atoms with Gasteiger partial charge in [0.1, 0.15) is 17.4 Å². The van der Waals surface area contributed by atoms with E-state index in [-0.39, 0.29) is 24.3 Å². The summed E-state index contributed by atoms with van der Waals surface area (Å²) in [4.78, 5) is 43.3. The monoisotopic (exact) mass is 569 g/mol. The van der Waals surface area contributed by atoms with E-state index in [4.69, 9.17) is 21.1 Å². The van der Waals surface area contributed by atoms with Crippen LogP contribution in [0.25, 0.3) is 0 Å². The highest BCUT2D eigenvalue weighted by Gasteiger charge is 2.77. The first-order valence-electron chi connectivity index (χ1n) is 13.9. The zero-order valence-electron chi connectivity index (χ0n) is 22.8. The molecule has 3 aliphatic heterocycles. The molecular weight excluding hydrogens is 534 g/mol. The van der Waals surface area contributed by atoms with Crippen molar-refractivity contribution < 1.29 is 29.0 Å². The van der Waals surface area contributed by atoms with Crippen LogP contribution in [0.1, 0.15) is 46.0 Å². The maximum Gasteiger partial charge on any atom is 0.250 e. The second-order valence-corrected chi connectivity index (χ2v) is 11.4. The molecule has 1 spiro atoms. The number of anilines is 2. The van der Waals surface area contributed by atoms with Crippen molar-refractivity contribution in [2.75, 3.05) is 30.4 Å². The number of hydrogen-bond acceptors (Lipinski definition) is 6. The summed E-state index contributed by atoms with van der Waals surface area (Å²) in [5.41, 5.74) is -0.833. The summed E-state index contributed by atoms with van der Waals surface area (Å²) in [6, 6.07) is 13.0. The average molecular weight is 570 g/mol. The number of halogens is 1. The van der Waals surface area contributed by atoms with E-state index in [1.54, 1.807) is 53.4 Å². The Morgan fingerprint density at radius 2 is 1.68 bits per heavy atom. The molecule has 5 rings (SSSR count). The lowest BCUT2D eigenvalue weighted by molar-refractivity contribution is -0.143. The van der Waals surface area contributed by atoms with Crippen molar-refractivity contribution in [2.45, 2.75) is 63.2 Å². The number of ether oxygens (including phenoxy) is 2. The smallest absolute Gasteiger partial charge is 0.250 e. The van der Waals surface area contributed by atoms with Crippen molar-refractivity contribution in [3.8, 4) is 5.75 Å². The van der Waals surface area contributed by atoms with Gasteiger partial charge in [-0.15, -0.1) is 0 Å². The zero-order chi connectivity index (χ0) is 28.5. The Labute approximate surface area is 239 Å². The molecule has 5 atom stereocenters. The minimum absolute atomic E-state index is 0.0657. The number of rotatable bonds is 11. The highest BCUT2D eigenvalue weighted by atomic mass is 35.5. The summed E-state index contributed by atoms with van der Waals surface area (Å²) in [5.74, 6) is -1.73. The molecule has 3 saturated heterocycles. The average Bonchev–Trinajstić information content (AvgIpc) is 3.50. The molecule has 214 valence electrons. The number of unbranched alkanes of at least 4 members (excludes halogenated alkanes) is 2. The summed E-state index contributed by atoms with van der Waals surface area (Å²) in [7, 11) is 0. The fourth-order valence-electron chi connectivity index (χ4n) is 6.70. The molecule has 3 heterocycles. The van der Waals surface area contributed by atoms with E-state index >= 15 is 0 Å². The highest BCUT2D eigenvalue weighted by molar-refractivity contribution is 6.30. The Bertz CT molecular complexity index is 1260. The molecule has 10 heteroatoms. The third kappa shape index (κ3) is 5.06. The van der Waals surface area contributed by atoms with Crippen LogP contribution in [0.15, 0.2) is 48.5 Å². The number of amides is 3. The molecule has 3 amide bonds. The highest BCUT2D eigenvalue weighted by Crippen LogP contribution is 2.63. The molecule has 0 aromatic heterocycles. The van der Waals surface area contributed by atoms with Crippen molar-refractivity contribution in [3.05, 3.63) is 53.6 Å². The van der Waals surface area contributed by atoms with E-state index in [1.165, 1.54) is 0 Å². The topological polar surface area (TPSA) is 117 Å². The van der Waals surface area contributed by atoms with Gasteiger partial charge < -0.3 is 30.1 Å². The van der Waals surface area contributed by atoms with Crippen molar-refractivity contribution >= 4 is 40.7 Å². The van der Waals surface area contributed by atoms with Crippen LogP contribution < -0.4 is 15.4 Å². The number of carbonyl (C=O) groups excluding carboxylic acids is 3. The van der Waals surface area contributed by atoms with Gasteiger partial charge in [-0.25, -0.2) is 0 Å². The van der Waals surface area contributed by atoms with Crippen LogP contribution in [0.3, 0.4) is 0 Å². The molecule has 3 aliphatic rings. The number of fused-ring (bicyclic) bond motifs is 1. The lowest BCUT2D eigenvalue weighted by Gasteiger charge is -2.33. The molecule has 0 radical (unpaired) electrons. The van der Waals surface area contributed by atoms with Crippen LogP contribution in [-0.2, 0) is 19.1 Å². The molecule has 0 aliphatic carbocycles. The van der Waals surface area contributed by atoms with Gasteiger partial charge in [-0.05, 0) is 94.5 Å². The van der Waals surface area contributed by atoms with Gasteiger partial charge in [-0.1, -0.05) is 11.6 Å². The number of nitrogens with zero attached hydrogens (tertiary/aromatic N) is 1. The number of likely N-dealkylation sites (tertiary alicyclic amines) is 1. The van der Waals surface area contributed by atoms with Crippen LogP contribution in [0.5, 0.6) is 5.75 Å². The normalized spacial score (nSPS) is 28.4. The molecule has 3 fully saturated rings. The van der Waals surface area contributed by atoms with Crippen molar-refractivity contribution in [1.29, 1.82) is 0 Å². The van der Waals surface area contributed by atoms with Gasteiger partial charge in [-0.3, -0.25) is 14.4 Å². The van der Waals surface area contributed by atoms with E-state index < -0.39 is 29.1 Å². The zero-order valence-corrected chi connectivity index (χ0v) is 23.6. The predicted molar refractivity (Wildman–Crippen MR) is 151 cm³/mol. The largest absolute Gasteiger partial charge is 0.494 e. The number of aliphatic hydroxyl groups is 1. The first-order chi connectivity index (χ1) is 19.2. The summed E-state index contributed by atoms with van der Waals surface area (Å²) in [5, 5.41) is 15.7. The first kappa shape index (κ1) is 28.4. The number of nitrogens with one attached hydrogen (secondary N) is 2. The van der Waals surface area contributed by atoms with Crippen molar-refractivity contribution in [1.82, 2.24) is 4.90 Å². The SMILES string of the molecule is CCOc1ccc(NC(=O)[C@H]2[C@H]3C(=O)N(CCCCCO)C(C(=O)Nc4ccc(Cl)cc4)C34CC[C@]2(C)O4)cc1. The third-order valence-corrected chi connectivity index (χ3v) is 8.66. The Hall–Kier alpha value is -3.14. The Balaban J connectivity index is 1.43. The van der Waals surface area contributed by atoms with Gasteiger partial charge in [0, 0.05) is 29.5 Å². The van der Waals surface area contributed by atoms with E-state index in [0.717, 1.165) is 0 Å². The van der Waals surface area contributed by atoms with E-state index in [9.17, 15) is 19.5 Å². The standard InChI is InChI=1S/C30H36ClN3O6/c1-3-39-22-13-11-21(12-14-22)32-26(36)23-24-28(38)34(17-5-4-6-18-35)25(30(24)16-15-29(23,2)40-30)27(37)33-20-9-7-19(31)8-10-20/h7-14,23-25,35H,3-6,15-18H2,1-2H3,(H,32,36)(H,33,37)/t23-,24+,25?,29+,30?/m1/s1. The fourth-order valence-corrected chi connectivity index (χ4v) is 6.83. The van der Waals surface area contributed by atoms with Gasteiger partial charge in [-0.2, -0.15) is 0 Å². The fraction of sp³-hybridized carbons (Fsp3) is 0.500. The molecule has 2 bridgehead atoms. The van der Waals surface area contributed by atoms with E-state index in [1.807, 2.05) is 13.8 Å². The number of benzene rings is 2. The van der Waals surface area contributed by atoms with E-state index in [0.29, 0.717) is 67.4 Å².